The monoisotopic (exact) mass is 385 g/mol. The maximum Gasteiger partial charge on any atom is 0.136 e. The predicted molar refractivity (Wildman–Crippen MR) is 113 cm³/mol. The maximum atomic E-state index is 13.5. The van der Waals surface area contributed by atoms with Gasteiger partial charge in [-0.3, -0.25) is 0 Å². The van der Waals surface area contributed by atoms with Gasteiger partial charge in [0, 0.05) is 22.8 Å². The highest BCUT2D eigenvalue weighted by Crippen LogP contribution is 2.31. The van der Waals surface area contributed by atoms with Gasteiger partial charge in [-0.05, 0) is 35.4 Å². The molecular formula is C23H16FN3S. The molecule has 0 aliphatic heterocycles. The number of nitriles is 1. The van der Waals surface area contributed by atoms with E-state index in [0.717, 1.165) is 27.6 Å². The van der Waals surface area contributed by atoms with E-state index >= 15 is 0 Å². The molecule has 4 aromatic rings. The number of aryl methyl sites for hydroxylation is 1. The summed E-state index contributed by atoms with van der Waals surface area (Å²) in [6.07, 6.45) is 1.58. The summed E-state index contributed by atoms with van der Waals surface area (Å²) >= 11 is 1.41. The number of hydrogen-bond donors (Lipinski definition) is 1. The minimum Gasteiger partial charge on any atom is -0.360 e. The van der Waals surface area contributed by atoms with Crippen molar-refractivity contribution in [2.45, 2.75) is 6.92 Å². The Morgan fingerprint density at radius 3 is 2.82 bits per heavy atom. The number of nitrogens with one attached hydrogen (secondary N) is 1. The summed E-state index contributed by atoms with van der Waals surface area (Å²) in [4.78, 5) is 4.67. The summed E-state index contributed by atoms with van der Waals surface area (Å²) in [6.45, 7) is 1.88. The molecule has 0 saturated heterocycles. The molecule has 0 radical (unpaired) electrons. The fourth-order valence-corrected chi connectivity index (χ4v) is 3.80. The number of benzene rings is 3. The Balaban J connectivity index is 1.67. The van der Waals surface area contributed by atoms with Crippen LogP contribution in [0.15, 0.2) is 72.2 Å². The van der Waals surface area contributed by atoms with Crippen molar-refractivity contribution in [2.75, 3.05) is 5.32 Å². The predicted octanol–water partition coefficient (Wildman–Crippen LogP) is 6.39. The number of rotatable bonds is 4. The standard InChI is InChI=1S/C23H16FN3S/c1-15-9-10-18(24)11-21(15)26-13-17(12-25)23-27-22(14-28-23)20-8-4-6-16-5-2-3-7-19(16)20/h2-11,13-14,26H,1H3/b17-13-. The molecule has 28 heavy (non-hydrogen) atoms. The van der Waals surface area contributed by atoms with Crippen LogP contribution in [0.5, 0.6) is 0 Å². The molecule has 0 saturated carbocycles. The highest BCUT2D eigenvalue weighted by Gasteiger charge is 2.11. The Morgan fingerprint density at radius 1 is 1.14 bits per heavy atom. The summed E-state index contributed by atoms with van der Waals surface area (Å²) in [6, 6.07) is 20.9. The molecule has 0 aliphatic rings. The zero-order valence-corrected chi connectivity index (χ0v) is 15.9. The number of allylic oxidation sites excluding steroid dienone is 1. The first-order chi connectivity index (χ1) is 13.7. The second kappa shape index (κ2) is 7.63. The van der Waals surface area contributed by atoms with E-state index in [2.05, 4.69) is 34.6 Å². The quantitative estimate of drug-likeness (QED) is 0.414. The molecule has 0 spiro atoms. The number of hydrogen-bond acceptors (Lipinski definition) is 4. The van der Waals surface area contributed by atoms with Crippen LogP contribution in [-0.4, -0.2) is 4.98 Å². The first-order valence-corrected chi connectivity index (χ1v) is 9.60. The summed E-state index contributed by atoms with van der Waals surface area (Å²) in [5.74, 6) is -0.326. The zero-order valence-electron chi connectivity index (χ0n) is 15.1. The number of nitrogens with zero attached hydrogens (tertiary/aromatic N) is 2. The minimum atomic E-state index is -0.326. The second-order valence-corrected chi connectivity index (χ2v) is 7.20. The summed E-state index contributed by atoms with van der Waals surface area (Å²) in [5.41, 5.74) is 3.79. The third kappa shape index (κ3) is 3.51. The van der Waals surface area contributed by atoms with Crippen molar-refractivity contribution in [1.82, 2.24) is 4.98 Å². The number of anilines is 1. The van der Waals surface area contributed by atoms with Crippen molar-refractivity contribution < 1.29 is 4.39 Å². The molecule has 1 N–H and O–H groups in total. The van der Waals surface area contributed by atoms with E-state index in [-0.39, 0.29) is 5.82 Å². The zero-order chi connectivity index (χ0) is 19.5. The third-order valence-electron chi connectivity index (χ3n) is 4.49. The highest BCUT2D eigenvalue weighted by molar-refractivity contribution is 7.11. The van der Waals surface area contributed by atoms with Crippen LogP contribution in [0.3, 0.4) is 0 Å². The molecule has 1 aromatic heterocycles. The Kier molecular flexibility index (Phi) is 4.88. The molecule has 5 heteroatoms. The van der Waals surface area contributed by atoms with Gasteiger partial charge in [-0.2, -0.15) is 5.26 Å². The SMILES string of the molecule is Cc1ccc(F)cc1N/C=C(/C#N)c1nc(-c2cccc3ccccc23)cs1. The molecule has 136 valence electrons. The Morgan fingerprint density at radius 2 is 1.96 bits per heavy atom. The van der Waals surface area contributed by atoms with E-state index in [1.54, 1.807) is 12.3 Å². The number of thiazole rings is 1. The molecule has 3 nitrogen and oxygen atoms in total. The first-order valence-electron chi connectivity index (χ1n) is 8.73. The van der Waals surface area contributed by atoms with Gasteiger partial charge in [-0.25, -0.2) is 9.37 Å². The lowest BCUT2D eigenvalue weighted by Gasteiger charge is -2.06. The Hall–Kier alpha value is -3.49. The lowest BCUT2D eigenvalue weighted by molar-refractivity contribution is 0.628. The van der Waals surface area contributed by atoms with Crippen molar-refractivity contribution in [3.05, 3.63) is 88.6 Å². The Bertz CT molecular complexity index is 1230. The fraction of sp³-hybridized carbons (Fsp3) is 0.0435. The van der Waals surface area contributed by atoms with Crippen molar-refractivity contribution >= 4 is 33.4 Å². The average Bonchev–Trinajstić information content (AvgIpc) is 3.20. The van der Waals surface area contributed by atoms with Crippen LogP contribution in [-0.2, 0) is 0 Å². The van der Waals surface area contributed by atoms with Crippen LogP contribution >= 0.6 is 11.3 Å². The van der Waals surface area contributed by atoms with Crippen LogP contribution in [0, 0.1) is 24.1 Å². The largest absolute Gasteiger partial charge is 0.360 e. The van der Waals surface area contributed by atoms with Gasteiger partial charge in [-0.1, -0.05) is 48.5 Å². The van der Waals surface area contributed by atoms with Gasteiger partial charge in [0.25, 0.3) is 0 Å². The fourth-order valence-electron chi connectivity index (χ4n) is 3.01. The molecule has 0 bridgehead atoms. The van der Waals surface area contributed by atoms with E-state index in [1.807, 2.05) is 36.6 Å². The molecule has 0 amide bonds. The van der Waals surface area contributed by atoms with Crippen LogP contribution in [0.2, 0.25) is 0 Å². The molecule has 0 unspecified atom stereocenters. The van der Waals surface area contributed by atoms with Gasteiger partial charge in [0.15, 0.2) is 0 Å². The lowest BCUT2D eigenvalue weighted by Crippen LogP contribution is -1.94. The topological polar surface area (TPSA) is 48.7 Å². The maximum absolute atomic E-state index is 13.5. The molecule has 1 heterocycles. The van der Waals surface area contributed by atoms with E-state index in [0.29, 0.717) is 16.3 Å². The van der Waals surface area contributed by atoms with Crippen LogP contribution in [0.1, 0.15) is 10.6 Å². The van der Waals surface area contributed by atoms with Crippen molar-refractivity contribution in [3.63, 3.8) is 0 Å². The van der Waals surface area contributed by atoms with E-state index in [4.69, 9.17) is 0 Å². The molecule has 0 aliphatic carbocycles. The number of aromatic nitrogens is 1. The van der Waals surface area contributed by atoms with Crippen LogP contribution < -0.4 is 5.32 Å². The first kappa shape index (κ1) is 17.9. The summed E-state index contributed by atoms with van der Waals surface area (Å²) < 4.78 is 13.5. The van der Waals surface area contributed by atoms with E-state index in [9.17, 15) is 9.65 Å². The summed E-state index contributed by atoms with van der Waals surface area (Å²) in [7, 11) is 0. The van der Waals surface area contributed by atoms with Gasteiger partial charge in [0.05, 0.1) is 5.69 Å². The van der Waals surface area contributed by atoms with E-state index in [1.165, 1.54) is 23.5 Å². The van der Waals surface area contributed by atoms with Gasteiger partial charge < -0.3 is 5.32 Å². The normalized spacial score (nSPS) is 11.4. The molecule has 0 fully saturated rings. The molecule has 0 atom stereocenters. The third-order valence-corrected chi connectivity index (χ3v) is 5.37. The summed E-state index contributed by atoms with van der Waals surface area (Å²) in [5, 5.41) is 17.4. The van der Waals surface area contributed by atoms with Crippen LogP contribution in [0.4, 0.5) is 10.1 Å². The number of halogens is 1. The molecular weight excluding hydrogens is 369 g/mol. The molecule has 3 aromatic carbocycles. The van der Waals surface area contributed by atoms with E-state index < -0.39 is 0 Å². The smallest absolute Gasteiger partial charge is 0.136 e. The van der Waals surface area contributed by atoms with Gasteiger partial charge in [-0.15, -0.1) is 11.3 Å². The van der Waals surface area contributed by atoms with Gasteiger partial charge >= 0.3 is 0 Å². The molecule has 4 rings (SSSR count). The number of fused-ring (bicyclic) bond motifs is 1. The average molecular weight is 385 g/mol. The second-order valence-electron chi connectivity index (χ2n) is 6.34. The minimum absolute atomic E-state index is 0.326. The van der Waals surface area contributed by atoms with Crippen LogP contribution in [0.25, 0.3) is 27.6 Å². The highest BCUT2D eigenvalue weighted by atomic mass is 32.1. The lowest BCUT2D eigenvalue weighted by atomic mass is 10.0. The Labute approximate surface area is 166 Å². The van der Waals surface area contributed by atoms with Crippen molar-refractivity contribution in [2.24, 2.45) is 0 Å². The van der Waals surface area contributed by atoms with Crippen molar-refractivity contribution in [1.29, 1.82) is 5.26 Å². The van der Waals surface area contributed by atoms with Gasteiger partial charge in [0.2, 0.25) is 0 Å². The van der Waals surface area contributed by atoms with Gasteiger partial charge in [0.1, 0.15) is 22.5 Å². The van der Waals surface area contributed by atoms with Crippen molar-refractivity contribution in [3.8, 4) is 17.3 Å².